The van der Waals surface area contributed by atoms with Crippen LogP contribution in [0.1, 0.15) is 16.7 Å². The maximum atomic E-state index is 5.95. The predicted molar refractivity (Wildman–Crippen MR) is 109 cm³/mol. The van der Waals surface area contributed by atoms with Gasteiger partial charge in [-0.25, -0.2) is 0 Å². The second kappa shape index (κ2) is 7.59. The zero-order chi connectivity index (χ0) is 17.8. The molecule has 0 N–H and O–H groups in total. The highest BCUT2D eigenvalue weighted by Crippen LogP contribution is 2.26. The summed E-state index contributed by atoms with van der Waals surface area (Å²) in [5.74, 6) is 1.71. The molecule has 0 aromatic heterocycles. The van der Waals surface area contributed by atoms with E-state index in [2.05, 4.69) is 29.3 Å². The number of ether oxygens (including phenoxy) is 1. The molecule has 3 aromatic carbocycles. The number of rotatable bonds is 4. The zero-order valence-electron chi connectivity index (χ0n) is 14.2. The number of halogens is 1. The molecule has 1 aliphatic heterocycles. The van der Waals surface area contributed by atoms with Crippen molar-refractivity contribution < 1.29 is 4.74 Å². The molecule has 0 saturated carbocycles. The van der Waals surface area contributed by atoms with Crippen molar-refractivity contribution in [3.63, 3.8) is 0 Å². The van der Waals surface area contributed by atoms with Gasteiger partial charge in [0.05, 0.1) is 5.71 Å². The molecule has 3 heteroatoms. The van der Waals surface area contributed by atoms with E-state index in [1.165, 1.54) is 11.1 Å². The van der Waals surface area contributed by atoms with E-state index in [0.29, 0.717) is 0 Å². The van der Waals surface area contributed by atoms with Crippen LogP contribution in [0.3, 0.4) is 0 Å². The first kappa shape index (κ1) is 16.6. The van der Waals surface area contributed by atoms with Crippen molar-refractivity contribution in [2.75, 3.05) is 6.54 Å². The minimum absolute atomic E-state index is 0.744. The van der Waals surface area contributed by atoms with Crippen molar-refractivity contribution in [3.05, 3.63) is 101 Å². The first-order chi connectivity index (χ1) is 12.8. The van der Waals surface area contributed by atoms with Gasteiger partial charge in [0.15, 0.2) is 0 Å². The van der Waals surface area contributed by atoms with E-state index in [1.807, 2.05) is 60.7 Å². The molecule has 4 rings (SSSR count). The molecule has 3 aromatic rings. The molecule has 0 bridgehead atoms. The van der Waals surface area contributed by atoms with Gasteiger partial charge >= 0.3 is 0 Å². The fourth-order valence-electron chi connectivity index (χ4n) is 2.99. The summed E-state index contributed by atoms with van der Waals surface area (Å²) in [6.45, 7) is 0.794. The first-order valence-corrected chi connectivity index (χ1v) is 9.00. The van der Waals surface area contributed by atoms with Gasteiger partial charge in [-0.05, 0) is 66.1 Å². The summed E-state index contributed by atoms with van der Waals surface area (Å²) in [6, 6.07) is 23.8. The Labute approximate surface area is 158 Å². The standard InChI is InChI=1S/C23H18ClNO/c24-19-9-6-17(7-10-19)8-13-23-22-12-11-21(16-18(22)14-15-25-23)26-20-4-2-1-3-5-20/h1-13,16H,14-15H2. The normalized spacial score (nSPS) is 13.3. The molecular formula is C23H18ClNO. The average molecular weight is 360 g/mol. The number of hydrogen-bond acceptors (Lipinski definition) is 2. The molecule has 26 heavy (non-hydrogen) atoms. The summed E-state index contributed by atoms with van der Waals surface area (Å²) < 4.78 is 5.95. The van der Waals surface area contributed by atoms with Gasteiger partial charge in [-0.15, -0.1) is 0 Å². The quantitative estimate of drug-likeness (QED) is 0.544. The van der Waals surface area contributed by atoms with E-state index in [4.69, 9.17) is 16.3 Å². The Morgan fingerprint density at radius 1 is 0.846 bits per heavy atom. The fourth-order valence-corrected chi connectivity index (χ4v) is 3.11. The summed E-state index contributed by atoms with van der Waals surface area (Å²) in [5, 5.41) is 0.744. The summed E-state index contributed by atoms with van der Waals surface area (Å²) in [4.78, 5) is 4.68. The predicted octanol–water partition coefficient (Wildman–Crippen LogP) is 6.19. The monoisotopic (exact) mass is 359 g/mol. The Hall–Kier alpha value is -2.84. The molecule has 1 aliphatic rings. The van der Waals surface area contributed by atoms with Crippen molar-refractivity contribution in [1.82, 2.24) is 0 Å². The van der Waals surface area contributed by atoms with E-state index >= 15 is 0 Å². The van der Waals surface area contributed by atoms with Crippen LogP contribution in [-0.4, -0.2) is 12.3 Å². The van der Waals surface area contributed by atoms with Gasteiger partial charge in [-0.2, -0.15) is 0 Å². The largest absolute Gasteiger partial charge is 0.457 e. The summed E-state index contributed by atoms with van der Waals surface area (Å²) in [6.07, 6.45) is 5.07. The lowest BCUT2D eigenvalue weighted by Crippen LogP contribution is -2.10. The molecule has 0 unspecified atom stereocenters. The summed E-state index contributed by atoms with van der Waals surface area (Å²) >= 11 is 5.94. The van der Waals surface area contributed by atoms with Crippen LogP contribution in [0, 0.1) is 0 Å². The van der Waals surface area contributed by atoms with Gasteiger partial charge in [-0.1, -0.05) is 48.0 Å². The van der Waals surface area contributed by atoms with Crippen molar-refractivity contribution in [1.29, 1.82) is 0 Å². The number of allylic oxidation sites excluding steroid dienone is 1. The van der Waals surface area contributed by atoms with Gasteiger partial charge in [0.2, 0.25) is 0 Å². The Balaban J connectivity index is 1.55. The molecule has 2 nitrogen and oxygen atoms in total. The highest BCUT2D eigenvalue weighted by atomic mass is 35.5. The third-order valence-electron chi connectivity index (χ3n) is 4.30. The van der Waals surface area contributed by atoms with Gasteiger partial charge < -0.3 is 4.74 Å². The molecule has 0 fully saturated rings. The topological polar surface area (TPSA) is 21.6 Å². The third-order valence-corrected chi connectivity index (χ3v) is 4.55. The lowest BCUT2D eigenvalue weighted by Gasteiger charge is -2.16. The summed E-state index contributed by atoms with van der Waals surface area (Å²) in [7, 11) is 0. The van der Waals surface area contributed by atoms with Crippen molar-refractivity contribution in [2.45, 2.75) is 6.42 Å². The number of benzene rings is 3. The van der Waals surface area contributed by atoms with E-state index < -0.39 is 0 Å². The number of fused-ring (bicyclic) bond motifs is 1. The van der Waals surface area contributed by atoms with Crippen LogP contribution in [0.4, 0.5) is 0 Å². The minimum atomic E-state index is 0.744. The van der Waals surface area contributed by atoms with Gasteiger partial charge in [0.25, 0.3) is 0 Å². The highest BCUT2D eigenvalue weighted by Gasteiger charge is 2.13. The Bertz CT molecular complexity index is 959. The van der Waals surface area contributed by atoms with Gasteiger partial charge in [-0.3, -0.25) is 4.99 Å². The maximum Gasteiger partial charge on any atom is 0.127 e. The Morgan fingerprint density at radius 3 is 2.46 bits per heavy atom. The third kappa shape index (κ3) is 3.87. The van der Waals surface area contributed by atoms with Crippen LogP contribution in [0.15, 0.2) is 83.9 Å². The van der Waals surface area contributed by atoms with Crippen molar-refractivity contribution in [3.8, 4) is 11.5 Å². The molecular weight excluding hydrogens is 342 g/mol. The number of para-hydroxylation sites is 1. The molecule has 0 aliphatic carbocycles. The average Bonchev–Trinajstić information content (AvgIpc) is 2.68. The van der Waals surface area contributed by atoms with Crippen LogP contribution >= 0.6 is 11.6 Å². The zero-order valence-corrected chi connectivity index (χ0v) is 15.0. The molecule has 0 spiro atoms. The smallest absolute Gasteiger partial charge is 0.127 e. The molecule has 128 valence electrons. The van der Waals surface area contributed by atoms with Crippen LogP contribution < -0.4 is 4.74 Å². The number of nitrogens with zero attached hydrogens (tertiary/aromatic N) is 1. The van der Waals surface area contributed by atoms with E-state index in [0.717, 1.165) is 40.8 Å². The van der Waals surface area contributed by atoms with Crippen molar-refractivity contribution >= 4 is 23.4 Å². The van der Waals surface area contributed by atoms with E-state index in [-0.39, 0.29) is 0 Å². The molecule has 0 amide bonds. The second-order valence-electron chi connectivity index (χ2n) is 6.14. The Kier molecular flexibility index (Phi) is 4.85. The SMILES string of the molecule is Clc1ccc(C=CC2=NCCc3cc(Oc4ccccc4)ccc32)cc1. The molecule has 0 radical (unpaired) electrons. The van der Waals surface area contributed by atoms with E-state index in [1.54, 1.807) is 0 Å². The highest BCUT2D eigenvalue weighted by molar-refractivity contribution is 6.30. The lowest BCUT2D eigenvalue weighted by atomic mass is 9.96. The van der Waals surface area contributed by atoms with Gasteiger partial charge in [0, 0.05) is 17.1 Å². The van der Waals surface area contributed by atoms with Crippen LogP contribution in [0.25, 0.3) is 6.08 Å². The van der Waals surface area contributed by atoms with Crippen LogP contribution in [-0.2, 0) is 6.42 Å². The fraction of sp³-hybridized carbons (Fsp3) is 0.0870. The minimum Gasteiger partial charge on any atom is -0.457 e. The maximum absolute atomic E-state index is 5.95. The van der Waals surface area contributed by atoms with E-state index in [9.17, 15) is 0 Å². The molecule has 0 saturated heterocycles. The van der Waals surface area contributed by atoms with Crippen LogP contribution in [0.2, 0.25) is 5.02 Å². The molecule has 1 heterocycles. The summed E-state index contributed by atoms with van der Waals surface area (Å²) in [5.41, 5.74) is 4.55. The number of aliphatic imine (C=N–C) groups is 1. The lowest BCUT2D eigenvalue weighted by molar-refractivity contribution is 0.482. The van der Waals surface area contributed by atoms with Crippen LogP contribution in [0.5, 0.6) is 11.5 Å². The molecule has 0 atom stereocenters. The first-order valence-electron chi connectivity index (χ1n) is 8.62. The van der Waals surface area contributed by atoms with Crippen molar-refractivity contribution in [2.24, 2.45) is 4.99 Å². The second-order valence-corrected chi connectivity index (χ2v) is 6.57. The number of hydrogen-bond donors (Lipinski definition) is 0. The Morgan fingerprint density at radius 2 is 1.65 bits per heavy atom. The van der Waals surface area contributed by atoms with Gasteiger partial charge in [0.1, 0.15) is 11.5 Å².